The van der Waals surface area contributed by atoms with E-state index in [0.717, 1.165) is 22.4 Å². The molecule has 3 amide bonds. The van der Waals surface area contributed by atoms with Gasteiger partial charge in [0.05, 0.1) is 30.8 Å². The normalized spacial score (nSPS) is 20.6. The molecule has 0 saturated carbocycles. The molecule has 2 aliphatic heterocycles. The van der Waals surface area contributed by atoms with Gasteiger partial charge < -0.3 is 14.8 Å². The van der Waals surface area contributed by atoms with Gasteiger partial charge in [0, 0.05) is 0 Å². The van der Waals surface area contributed by atoms with E-state index >= 15 is 0 Å². The predicted octanol–water partition coefficient (Wildman–Crippen LogP) is 3.09. The summed E-state index contributed by atoms with van der Waals surface area (Å²) in [6.45, 7) is 5.98. The Morgan fingerprint density at radius 1 is 1.30 bits per heavy atom. The average molecular weight is 368 g/mol. The number of nitrogens with zero attached hydrogens (tertiary/aromatic N) is 3. The highest BCUT2D eigenvalue weighted by molar-refractivity contribution is 6.22. The van der Waals surface area contributed by atoms with E-state index in [-0.39, 0.29) is 18.0 Å². The lowest BCUT2D eigenvalue weighted by molar-refractivity contribution is -0.121. The number of carbonyl (C=O) groups excluding carboxylic acids is 2. The van der Waals surface area contributed by atoms with Gasteiger partial charge in [-0.3, -0.25) is 4.79 Å². The quantitative estimate of drug-likeness (QED) is 0.834. The molecule has 1 aromatic heterocycles. The molecule has 2 aromatic rings. The zero-order chi connectivity index (χ0) is 19.2. The highest BCUT2D eigenvalue weighted by atomic mass is 16.5. The largest absolute Gasteiger partial charge is 0.424 e. The second-order valence-corrected chi connectivity index (χ2v) is 7.09. The van der Waals surface area contributed by atoms with E-state index in [4.69, 9.17) is 9.47 Å². The minimum Gasteiger partial charge on any atom is -0.424 e. The fraction of sp³-hybridized carbons (Fsp3) is 0.368. The summed E-state index contributed by atoms with van der Waals surface area (Å²) in [5.74, 6) is 0.260. The molecular weight excluding hydrogens is 348 g/mol. The van der Waals surface area contributed by atoms with Crippen LogP contribution in [0.1, 0.15) is 44.4 Å². The molecule has 1 fully saturated rings. The highest BCUT2D eigenvalue weighted by Gasteiger charge is 2.45. The van der Waals surface area contributed by atoms with Gasteiger partial charge >= 0.3 is 12.0 Å². The summed E-state index contributed by atoms with van der Waals surface area (Å²) >= 11 is 0. The Morgan fingerprint density at radius 3 is 2.67 bits per heavy atom. The monoisotopic (exact) mass is 368 g/mol. The average Bonchev–Trinajstić information content (AvgIpc) is 3.13. The third-order valence-electron chi connectivity index (χ3n) is 4.72. The number of urea groups is 1. The van der Waals surface area contributed by atoms with Crippen molar-refractivity contribution in [2.75, 3.05) is 4.90 Å². The molecule has 140 valence electrons. The highest BCUT2D eigenvalue weighted by Crippen LogP contribution is 2.36. The van der Waals surface area contributed by atoms with Gasteiger partial charge in [0.2, 0.25) is 0 Å². The van der Waals surface area contributed by atoms with Crippen LogP contribution in [-0.2, 0) is 16.1 Å². The molecule has 8 heteroatoms. The zero-order valence-electron chi connectivity index (χ0n) is 15.4. The second kappa shape index (κ2) is 6.31. The lowest BCUT2D eigenvalue weighted by atomic mass is 10.0. The van der Waals surface area contributed by atoms with Crippen molar-refractivity contribution in [3.05, 3.63) is 41.7 Å². The van der Waals surface area contributed by atoms with Crippen molar-refractivity contribution in [1.29, 1.82) is 0 Å². The minimum atomic E-state index is -0.950. The van der Waals surface area contributed by atoms with Crippen molar-refractivity contribution < 1.29 is 19.1 Å². The third kappa shape index (κ3) is 3.02. The fourth-order valence-corrected chi connectivity index (χ4v) is 3.25. The molecule has 4 rings (SSSR count). The van der Waals surface area contributed by atoms with Crippen LogP contribution in [0.25, 0.3) is 0 Å². The number of hydrogen-bond donors (Lipinski definition) is 1. The van der Waals surface area contributed by atoms with Crippen LogP contribution in [0.4, 0.5) is 10.5 Å². The van der Waals surface area contributed by atoms with Crippen molar-refractivity contribution in [2.45, 2.75) is 45.4 Å². The number of hydrogen-bond acceptors (Lipinski definition) is 6. The lowest BCUT2D eigenvalue weighted by Crippen LogP contribution is -2.40. The molecular formula is C19H20N4O4. The lowest BCUT2D eigenvalue weighted by Gasteiger charge is -2.15. The van der Waals surface area contributed by atoms with Crippen LogP contribution in [0.3, 0.4) is 0 Å². The topological polar surface area (TPSA) is 93.7 Å². The Hall–Kier alpha value is -3.00. The fourth-order valence-electron chi connectivity index (χ4n) is 3.25. The van der Waals surface area contributed by atoms with Crippen LogP contribution in [-0.4, -0.2) is 27.4 Å². The molecule has 0 aliphatic carbocycles. The van der Waals surface area contributed by atoms with Gasteiger partial charge in [0.25, 0.3) is 5.91 Å². The standard InChI is InChI=1S/C19H20N4O4/c1-4-15-14-7-13(6-5-11(14)10-26-15)27-17-20-8-12(9-21-17)23-16(24)19(2,3)22-18(23)25/h5-9,15H,4,10H2,1-3H3,(H,22,25). The molecule has 0 bridgehead atoms. The number of fused-ring (bicyclic) bond motifs is 1. The molecule has 8 nitrogen and oxygen atoms in total. The maximum Gasteiger partial charge on any atom is 0.329 e. The number of imide groups is 1. The third-order valence-corrected chi connectivity index (χ3v) is 4.72. The molecule has 0 spiro atoms. The van der Waals surface area contributed by atoms with E-state index in [1.165, 1.54) is 12.4 Å². The van der Waals surface area contributed by atoms with E-state index in [0.29, 0.717) is 18.0 Å². The Balaban J connectivity index is 1.52. The molecule has 1 N–H and O–H groups in total. The van der Waals surface area contributed by atoms with E-state index in [1.807, 2.05) is 18.2 Å². The molecule has 0 radical (unpaired) electrons. The molecule has 1 atom stereocenters. The summed E-state index contributed by atoms with van der Waals surface area (Å²) in [5.41, 5.74) is 1.62. The Bertz CT molecular complexity index is 910. The summed E-state index contributed by atoms with van der Waals surface area (Å²) in [5, 5.41) is 2.62. The second-order valence-electron chi connectivity index (χ2n) is 7.09. The minimum absolute atomic E-state index is 0.0786. The Labute approximate surface area is 156 Å². The van der Waals surface area contributed by atoms with E-state index < -0.39 is 11.6 Å². The van der Waals surface area contributed by atoms with Crippen LogP contribution in [0, 0.1) is 0 Å². The van der Waals surface area contributed by atoms with E-state index in [2.05, 4.69) is 22.2 Å². The van der Waals surface area contributed by atoms with Gasteiger partial charge in [-0.1, -0.05) is 13.0 Å². The molecule has 3 heterocycles. The Kier molecular flexibility index (Phi) is 4.07. The van der Waals surface area contributed by atoms with Gasteiger partial charge in [-0.05, 0) is 43.5 Å². The van der Waals surface area contributed by atoms with Gasteiger partial charge in [-0.15, -0.1) is 0 Å². The summed E-state index contributed by atoms with van der Waals surface area (Å²) in [7, 11) is 0. The summed E-state index contributed by atoms with van der Waals surface area (Å²) in [6, 6.07) is 5.40. The maximum atomic E-state index is 12.3. The van der Waals surface area contributed by atoms with Crippen LogP contribution in [0.2, 0.25) is 0 Å². The van der Waals surface area contributed by atoms with Gasteiger partial charge in [0.15, 0.2) is 0 Å². The maximum absolute atomic E-state index is 12.3. The number of benzene rings is 1. The predicted molar refractivity (Wildman–Crippen MR) is 96.5 cm³/mol. The van der Waals surface area contributed by atoms with Crippen molar-refractivity contribution in [2.24, 2.45) is 0 Å². The summed E-state index contributed by atoms with van der Waals surface area (Å²) < 4.78 is 11.5. The number of carbonyl (C=O) groups is 2. The molecule has 1 saturated heterocycles. The number of nitrogens with one attached hydrogen (secondary N) is 1. The van der Waals surface area contributed by atoms with Crippen molar-refractivity contribution in [3.63, 3.8) is 0 Å². The molecule has 1 unspecified atom stereocenters. The van der Waals surface area contributed by atoms with Gasteiger partial charge in [-0.25, -0.2) is 19.7 Å². The number of aromatic nitrogens is 2. The first-order valence-electron chi connectivity index (χ1n) is 8.80. The molecule has 2 aliphatic rings. The molecule has 27 heavy (non-hydrogen) atoms. The van der Waals surface area contributed by atoms with Crippen LogP contribution in [0.5, 0.6) is 11.8 Å². The smallest absolute Gasteiger partial charge is 0.329 e. The summed E-state index contributed by atoms with van der Waals surface area (Å²) in [4.78, 5) is 33.7. The zero-order valence-corrected chi connectivity index (χ0v) is 15.4. The van der Waals surface area contributed by atoms with E-state index in [9.17, 15) is 9.59 Å². The van der Waals surface area contributed by atoms with Crippen LogP contribution >= 0.6 is 0 Å². The van der Waals surface area contributed by atoms with E-state index in [1.54, 1.807) is 13.8 Å². The van der Waals surface area contributed by atoms with Gasteiger partial charge in [-0.2, -0.15) is 0 Å². The van der Waals surface area contributed by atoms with Gasteiger partial charge in [0.1, 0.15) is 11.3 Å². The SMILES string of the molecule is CCC1OCc2ccc(Oc3ncc(N4C(=O)NC(C)(C)C4=O)cn3)cc21. The van der Waals surface area contributed by atoms with Crippen LogP contribution in [0.15, 0.2) is 30.6 Å². The van der Waals surface area contributed by atoms with Crippen molar-refractivity contribution in [3.8, 4) is 11.8 Å². The number of rotatable bonds is 4. The first-order valence-corrected chi connectivity index (χ1v) is 8.80. The van der Waals surface area contributed by atoms with Crippen LogP contribution < -0.4 is 15.0 Å². The number of anilines is 1. The first-order chi connectivity index (χ1) is 12.9. The van der Waals surface area contributed by atoms with Crippen molar-refractivity contribution in [1.82, 2.24) is 15.3 Å². The molecule has 1 aromatic carbocycles. The van der Waals surface area contributed by atoms with Crippen molar-refractivity contribution >= 4 is 17.6 Å². The number of amides is 3. The number of ether oxygens (including phenoxy) is 2. The Morgan fingerprint density at radius 2 is 2.04 bits per heavy atom. The summed E-state index contributed by atoms with van der Waals surface area (Å²) in [6.07, 6.45) is 3.76. The first kappa shape index (κ1) is 17.4.